The number of benzene rings is 2. The van der Waals surface area contributed by atoms with Crippen LogP contribution in [0, 0.1) is 5.92 Å². The molecule has 0 spiro atoms. The van der Waals surface area contributed by atoms with Crippen LogP contribution < -0.4 is 16.0 Å². The summed E-state index contributed by atoms with van der Waals surface area (Å²) >= 11 is 0. The average Bonchev–Trinajstić information content (AvgIpc) is 4.10. The number of imidazole rings is 2. The predicted octanol–water partition coefficient (Wildman–Crippen LogP) is 5.80. The lowest BCUT2D eigenvalue weighted by Crippen LogP contribution is -2.51. The molecule has 5 N–H and O–H groups in total. The van der Waals surface area contributed by atoms with Crippen molar-refractivity contribution in [2.24, 2.45) is 5.92 Å². The van der Waals surface area contributed by atoms with E-state index in [0.29, 0.717) is 63.4 Å². The van der Waals surface area contributed by atoms with Crippen molar-refractivity contribution in [3.63, 3.8) is 0 Å². The summed E-state index contributed by atoms with van der Waals surface area (Å²) in [5, 5.41) is 8.41. The SMILES string of the molecule is COC(=O)N[C@H]1CCCCNC(=O)CCc2[nH]c(nc2-c2ccc(-c3ccc(-c4cnc([C@@H]5CCCN5C(=O)[C@@H](NC(=O)OC)C(C)C)[nH]4)cc3)cc2)[C@@H]2CCCN2C1=O. The number of rotatable bonds is 8. The summed E-state index contributed by atoms with van der Waals surface area (Å²) in [6.45, 7) is 5.41. The van der Waals surface area contributed by atoms with E-state index in [0.717, 1.165) is 65.0 Å². The Morgan fingerprint density at radius 2 is 1.43 bits per heavy atom. The number of aromatic amines is 2. The van der Waals surface area contributed by atoms with Gasteiger partial charge in [-0.1, -0.05) is 62.4 Å². The standard InChI is InChI=1S/C44H55N9O7/c1-26(2)37(51-44(58)60-4)42(56)53-24-7-10-34(53)39-46-25-33(48-39)29-16-12-27(13-17-29)28-14-18-30(19-15-28)38-31-20-21-36(54)45-22-6-5-9-32(49-43(57)59-3)41(55)52-23-8-11-35(52)40(47-31)50-38/h12-19,25-26,32,34-35,37H,5-11,20-24H2,1-4H3,(H,45,54)(H,46,48)(H,47,50)(H,49,57)(H,51,58)/t32-,34-,35-,37-/m0/s1. The molecule has 2 fully saturated rings. The fraction of sp³-hybridized carbons (Fsp3) is 0.477. The zero-order valence-electron chi connectivity index (χ0n) is 34.7. The molecule has 0 aliphatic carbocycles. The highest BCUT2D eigenvalue weighted by Crippen LogP contribution is 2.36. The fourth-order valence-corrected chi connectivity index (χ4v) is 8.52. The maximum atomic E-state index is 13.9. The second-order valence-electron chi connectivity index (χ2n) is 16.1. The van der Waals surface area contributed by atoms with Crippen molar-refractivity contribution in [2.75, 3.05) is 33.9 Å². The molecule has 0 unspecified atom stereocenters. The van der Waals surface area contributed by atoms with Gasteiger partial charge in [0.1, 0.15) is 23.7 Å². The minimum atomic E-state index is -0.742. The lowest BCUT2D eigenvalue weighted by atomic mass is 10.00. The number of hydrogen-bond acceptors (Lipinski definition) is 9. The van der Waals surface area contributed by atoms with Crippen LogP contribution in [-0.2, 0) is 30.3 Å². The van der Waals surface area contributed by atoms with Gasteiger partial charge in [0.05, 0.1) is 43.9 Å². The van der Waals surface area contributed by atoms with Crippen molar-refractivity contribution in [3.8, 4) is 33.6 Å². The first-order chi connectivity index (χ1) is 29.0. The van der Waals surface area contributed by atoms with E-state index in [1.807, 2.05) is 43.0 Å². The van der Waals surface area contributed by atoms with Crippen molar-refractivity contribution in [3.05, 3.63) is 72.1 Å². The van der Waals surface area contributed by atoms with Crippen LogP contribution in [0.3, 0.4) is 0 Å². The first kappa shape index (κ1) is 42.0. The molecule has 2 aromatic carbocycles. The Labute approximate surface area is 349 Å². The summed E-state index contributed by atoms with van der Waals surface area (Å²) in [6, 6.07) is 14.4. The largest absolute Gasteiger partial charge is 0.453 e. The molecule has 16 nitrogen and oxygen atoms in total. The van der Waals surface area contributed by atoms with E-state index in [-0.39, 0.29) is 35.7 Å². The average molecular weight is 822 g/mol. The number of H-pyrrole nitrogens is 2. The zero-order chi connectivity index (χ0) is 42.3. The number of ether oxygens (including phenoxy) is 2. The van der Waals surface area contributed by atoms with Gasteiger partial charge in [0, 0.05) is 37.3 Å². The van der Waals surface area contributed by atoms with E-state index >= 15 is 0 Å². The number of likely N-dealkylation sites (tertiary alicyclic amines) is 1. The van der Waals surface area contributed by atoms with Crippen LogP contribution in [0.2, 0.25) is 0 Å². The van der Waals surface area contributed by atoms with Crippen molar-refractivity contribution in [1.82, 2.24) is 45.7 Å². The van der Waals surface area contributed by atoms with E-state index in [2.05, 4.69) is 55.2 Å². The molecule has 4 aromatic rings. The molecule has 4 atom stereocenters. The lowest BCUT2D eigenvalue weighted by molar-refractivity contribution is -0.135. The summed E-state index contributed by atoms with van der Waals surface area (Å²) in [6.07, 6.45) is 6.16. The second-order valence-corrected chi connectivity index (χ2v) is 16.1. The first-order valence-electron chi connectivity index (χ1n) is 21.0. The number of nitrogens with one attached hydrogen (secondary N) is 5. The molecule has 2 aromatic heterocycles. The van der Waals surface area contributed by atoms with Gasteiger partial charge in [-0.3, -0.25) is 14.4 Å². The van der Waals surface area contributed by atoms with Crippen LogP contribution in [0.25, 0.3) is 33.6 Å². The van der Waals surface area contributed by atoms with Crippen molar-refractivity contribution >= 4 is 29.9 Å². The summed E-state index contributed by atoms with van der Waals surface area (Å²) in [5.74, 6) is 0.887. The van der Waals surface area contributed by atoms with E-state index < -0.39 is 24.3 Å². The van der Waals surface area contributed by atoms with Crippen LogP contribution in [0.15, 0.2) is 54.7 Å². The maximum Gasteiger partial charge on any atom is 0.407 e. The van der Waals surface area contributed by atoms with Crippen LogP contribution in [0.4, 0.5) is 9.59 Å². The van der Waals surface area contributed by atoms with Crippen LogP contribution >= 0.6 is 0 Å². The molecule has 5 heterocycles. The van der Waals surface area contributed by atoms with Gasteiger partial charge in [0.25, 0.3) is 0 Å². The Morgan fingerprint density at radius 1 is 0.767 bits per heavy atom. The number of carbonyl (C=O) groups excluding carboxylic acids is 5. The number of amides is 5. The van der Waals surface area contributed by atoms with Gasteiger partial charge in [-0.15, -0.1) is 0 Å². The smallest absolute Gasteiger partial charge is 0.407 e. The van der Waals surface area contributed by atoms with Gasteiger partial charge < -0.3 is 45.2 Å². The quantitative estimate of drug-likeness (QED) is 0.146. The highest BCUT2D eigenvalue weighted by Gasteiger charge is 2.39. The highest BCUT2D eigenvalue weighted by molar-refractivity contribution is 5.87. The van der Waals surface area contributed by atoms with Crippen LogP contribution in [0.5, 0.6) is 0 Å². The molecule has 2 saturated heterocycles. The molecule has 3 aliphatic rings. The molecule has 318 valence electrons. The number of nitrogens with zero attached hydrogens (tertiary/aromatic N) is 4. The van der Waals surface area contributed by atoms with Crippen LogP contribution in [-0.4, -0.2) is 106 Å². The molecule has 5 amide bonds. The highest BCUT2D eigenvalue weighted by atomic mass is 16.5. The minimum absolute atomic E-state index is 0.0553. The van der Waals surface area contributed by atoms with Gasteiger partial charge in [-0.25, -0.2) is 19.6 Å². The molecule has 0 radical (unpaired) electrons. The molecule has 3 aliphatic heterocycles. The Hall–Kier alpha value is -6.19. The van der Waals surface area contributed by atoms with E-state index in [9.17, 15) is 24.0 Å². The normalized spacial score (nSPS) is 20.4. The molecular weight excluding hydrogens is 767 g/mol. The first-order valence-corrected chi connectivity index (χ1v) is 21.0. The summed E-state index contributed by atoms with van der Waals surface area (Å²) in [5.41, 5.74) is 6.29. The van der Waals surface area contributed by atoms with E-state index in [1.165, 1.54) is 14.2 Å². The predicted molar refractivity (Wildman–Crippen MR) is 223 cm³/mol. The topological polar surface area (TPSA) is 204 Å². The number of alkyl carbamates (subject to hydrolysis) is 2. The minimum Gasteiger partial charge on any atom is -0.453 e. The van der Waals surface area contributed by atoms with Gasteiger partial charge >= 0.3 is 12.2 Å². The Bertz CT molecular complexity index is 2160. The Morgan fingerprint density at radius 3 is 2.13 bits per heavy atom. The summed E-state index contributed by atoms with van der Waals surface area (Å²) < 4.78 is 9.59. The van der Waals surface area contributed by atoms with Crippen molar-refractivity contribution in [1.29, 1.82) is 0 Å². The Kier molecular flexibility index (Phi) is 13.2. The number of hydrogen-bond donors (Lipinski definition) is 5. The number of aromatic nitrogens is 4. The molecular formula is C44H55N9O7. The molecule has 60 heavy (non-hydrogen) atoms. The number of carbonyl (C=O) groups is 5. The molecule has 16 heteroatoms. The third kappa shape index (κ3) is 9.32. The van der Waals surface area contributed by atoms with Crippen molar-refractivity contribution < 1.29 is 33.4 Å². The maximum absolute atomic E-state index is 13.9. The summed E-state index contributed by atoms with van der Waals surface area (Å²) in [7, 11) is 2.57. The van der Waals surface area contributed by atoms with Gasteiger partial charge in [-0.05, 0) is 74.0 Å². The monoisotopic (exact) mass is 821 g/mol. The molecule has 0 saturated carbocycles. The van der Waals surface area contributed by atoms with E-state index in [1.54, 1.807) is 11.1 Å². The molecule has 7 rings (SSSR count). The van der Waals surface area contributed by atoms with Crippen LogP contribution in [0.1, 0.15) is 94.6 Å². The Balaban J connectivity index is 1.07. The van der Waals surface area contributed by atoms with Gasteiger partial charge in [-0.2, -0.15) is 0 Å². The van der Waals surface area contributed by atoms with Gasteiger partial charge in [0.2, 0.25) is 17.7 Å². The lowest BCUT2D eigenvalue weighted by Gasteiger charge is -2.30. The second kappa shape index (κ2) is 18.8. The van der Waals surface area contributed by atoms with Gasteiger partial charge in [0.15, 0.2) is 0 Å². The zero-order valence-corrected chi connectivity index (χ0v) is 34.7. The summed E-state index contributed by atoms with van der Waals surface area (Å²) in [4.78, 5) is 84.8. The fourth-order valence-electron chi connectivity index (χ4n) is 8.52. The number of fused-ring (bicyclic) bond motifs is 4. The number of aryl methyl sites for hydroxylation is 1. The molecule has 2 bridgehead atoms. The van der Waals surface area contributed by atoms with Crippen molar-refractivity contribution in [2.45, 2.75) is 95.8 Å². The number of methoxy groups -OCH3 is 2. The van der Waals surface area contributed by atoms with E-state index in [4.69, 9.17) is 14.5 Å². The third-order valence-corrected chi connectivity index (χ3v) is 11.8. The third-order valence-electron chi connectivity index (χ3n) is 11.8.